The van der Waals surface area contributed by atoms with E-state index < -0.39 is 16.1 Å². The standard InChI is InChI=1S/C21H20ClNO3S/c1-2-26-19-14-13-18(22)15-20(19)27(24,25)23-21(16-9-5-3-6-10-16)17-11-7-4-8-12-17/h3-15,21,23H,2H2,1H3. The van der Waals surface area contributed by atoms with Crippen LogP contribution in [0.15, 0.2) is 83.8 Å². The molecule has 6 heteroatoms. The molecule has 0 bridgehead atoms. The van der Waals surface area contributed by atoms with E-state index in [4.69, 9.17) is 16.3 Å². The fraction of sp³-hybridized carbons (Fsp3) is 0.143. The maximum Gasteiger partial charge on any atom is 0.245 e. The Morgan fingerprint density at radius 1 is 0.926 bits per heavy atom. The third-order valence-electron chi connectivity index (χ3n) is 4.03. The Hall–Kier alpha value is -2.34. The summed E-state index contributed by atoms with van der Waals surface area (Å²) in [5, 5.41) is 0.329. The first kappa shape index (κ1) is 19.4. The smallest absolute Gasteiger partial charge is 0.245 e. The molecule has 0 aliphatic carbocycles. The van der Waals surface area contributed by atoms with E-state index in [1.807, 2.05) is 60.7 Å². The van der Waals surface area contributed by atoms with Gasteiger partial charge in [0.25, 0.3) is 0 Å². The van der Waals surface area contributed by atoms with Crippen LogP contribution in [-0.2, 0) is 10.0 Å². The van der Waals surface area contributed by atoms with Crippen molar-refractivity contribution in [1.29, 1.82) is 0 Å². The van der Waals surface area contributed by atoms with Crippen molar-refractivity contribution in [2.75, 3.05) is 6.61 Å². The molecular formula is C21H20ClNO3S. The van der Waals surface area contributed by atoms with E-state index in [-0.39, 0.29) is 10.6 Å². The monoisotopic (exact) mass is 401 g/mol. The van der Waals surface area contributed by atoms with Crippen molar-refractivity contribution in [3.8, 4) is 5.75 Å². The molecule has 0 unspecified atom stereocenters. The van der Waals surface area contributed by atoms with E-state index in [0.29, 0.717) is 11.6 Å². The summed E-state index contributed by atoms with van der Waals surface area (Å²) in [6, 6.07) is 22.9. The highest BCUT2D eigenvalue weighted by Crippen LogP contribution is 2.30. The first-order chi connectivity index (χ1) is 13.0. The van der Waals surface area contributed by atoms with E-state index in [1.165, 1.54) is 6.07 Å². The van der Waals surface area contributed by atoms with Gasteiger partial charge < -0.3 is 4.74 Å². The predicted molar refractivity (Wildman–Crippen MR) is 108 cm³/mol. The van der Waals surface area contributed by atoms with Gasteiger partial charge in [-0.2, -0.15) is 4.72 Å². The third kappa shape index (κ3) is 4.69. The van der Waals surface area contributed by atoms with Crippen LogP contribution >= 0.6 is 11.6 Å². The van der Waals surface area contributed by atoms with Crippen LogP contribution < -0.4 is 9.46 Å². The maximum absolute atomic E-state index is 13.2. The lowest BCUT2D eigenvalue weighted by Gasteiger charge is -2.21. The Bertz CT molecular complexity index is 953. The van der Waals surface area contributed by atoms with E-state index in [1.54, 1.807) is 19.1 Å². The molecule has 0 fully saturated rings. The van der Waals surface area contributed by atoms with Gasteiger partial charge in [-0.3, -0.25) is 0 Å². The highest BCUT2D eigenvalue weighted by molar-refractivity contribution is 7.89. The number of rotatable bonds is 7. The molecule has 27 heavy (non-hydrogen) atoms. The topological polar surface area (TPSA) is 55.4 Å². The maximum atomic E-state index is 13.2. The van der Waals surface area contributed by atoms with Gasteiger partial charge in [-0.25, -0.2) is 8.42 Å². The number of sulfonamides is 1. The zero-order valence-corrected chi connectivity index (χ0v) is 16.4. The molecular weight excluding hydrogens is 382 g/mol. The van der Waals surface area contributed by atoms with Gasteiger partial charge in [0.2, 0.25) is 10.0 Å². The lowest BCUT2D eigenvalue weighted by atomic mass is 10.00. The van der Waals surface area contributed by atoms with Gasteiger partial charge in [0.15, 0.2) is 0 Å². The average Bonchev–Trinajstić information content (AvgIpc) is 2.69. The summed E-state index contributed by atoms with van der Waals surface area (Å²) in [7, 11) is -3.89. The minimum absolute atomic E-state index is 0.0220. The molecule has 0 amide bonds. The van der Waals surface area contributed by atoms with Crippen molar-refractivity contribution in [3.05, 3.63) is 95.0 Å². The number of hydrogen-bond acceptors (Lipinski definition) is 3. The Balaban J connectivity index is 2.05. The van der Waals surface area contributed by atoms with Gasteiger partial charge >= 0.3 is 0 Å². The fourth-order valence-electron chi connectivity index (χ4n) is 2.80. The van der Waals surface area contributed by atoms with Gasteiger partial charge in [-0.15, -0.1) is 0 Å². The van der Waals surface area contributed by atoms with Crippen LogP contribution in [-0.4, -0.2) is 15.0 Å². The number of hydrogen-bond donors (Lipinski definition) is 1. The molecule has 140 valence electrons. The van der Waals surface area contributed by atoms with Crippen LogP contribution in [0, 0.1) is 0 Å². The van der Waals surface area contributed by atoms with Crippen molar-refractivity contribution in [3.63, 3.8) is 0 Å². The van der Waals surface area contributed by atoms with Crippen molar-refractivity contribution in [2.45, 2.75) is 17.9 Å². The van der Waals surface area contributed by atoms with Crippen LogP contribution in [0.3, 0.4) is 0 Å². The predicted octanol–water partition coefficient (Wildman–Crippen LogP) is 4.81. The second kappa shape index (κ2) is 8.57. The fourth-order valence-corrected chi connectivity index (χ4v) is 4.42. The first-order valence-electron chi connectivity index (χ1n) is 8.56. The zero-order valence-electron chi connectivity index (χ0n) is 14.8. The third-order valence-corrected chi connectivity index (χ3v) is 5.71. The molecule has 3 aromatic rings. The lowest BCUT2D eigenvalue weighted by molar-refractivity contribution is 0.331. The molecule has 0 aliphatic heterocycles. The highest BCUT2D eigenvalue weighted by atomic mass is 35.5. The van der Waals surface area contributed by atoms with Crippen LogP contribution in [0.25, 0.3) is 0 Å². The minimum atomic E-state index is -3.89. The summed E-state index contributed by atoms with van der Waals surface area (Å²) >= 11 is 6.05. The normalized spacial score (nSPS) is 11.5. The van der Waals surface area contributed by atoms with Crippen molar-refractivity contribution in [1.82, 2.24) is 4.72 Å². The largest absolute Gasteiger partial charge is 0.492 e. The van der Waals surface area contributed by atoms with Crippen LogP contribution in [0.1, 0.15) is 24.1 Å². The summed E-state index contributed by atoms with van der Waals surface area (Å²) in [5.74, 6) is 0.272. The molecule has 1 N–H and O–H groups in total. The van der Waals surface area contributed by atoms with Gasteiger partial charge in [0, 0.05) is 5.02 Å². The summed E-state index contributed by atoms with van der Waals surface area (Å²) in [6.45, 7) is 2.15. The van der Waals surface area contributed by atoms with Gasteiger partial charge in [-0.1, -0.05) is 72.3 Å². The van der Waals surface area contributed by atoms with Crippen molar-refractivity contribution < 1.29 is 13.2 Å². The summed E-state index contributed by atoms with van der Waals surface area (Å²) < 4.78 is 34.7. The average molecular weight is 402 g/mol. The quantitative estimate of drug-likeness (QED) is 0.618. The van der Waals surface area contributed by atoms with Crippen molar-refractivity contribution in [2.24, 2.45) is 0 Å². The molecule has 3 rings (SSSR count). The Morgan fingerprint density at radius 2 is 1.48 bits per heavy atom. The number of ether oxygens (including phenoxy) is 1. The summed E-state index contributed by atoms with van der Waals surface area (Å²) in [6.07, 6.45) is 0. The SMILES string of the molecule is CCOc1ccc(Cl)cc1S(=O)(=O)NC(c1ccccc1)c1ccccc1. The van der Waals surface area contributed by atoms with Gasteiger partial charge in [-0.05, 0) is 36.2 Å². The van der Waals surface area contributed by atoms with Crippen LogP contribution in [0.2, 0.25) is 5.02 Å². The lowest BCUT2D eigenvalue weighted by Crippen LogP contribution is -2.29. The number of nitrogens with one attached hydrogen (secondary N) is 1. The van der Waals surface area contributed by atoms with E-state index in [9.17, 15) is 8.42 Å². The highest BCUT2D eigenvalue weighted by Gasteiger charge is 2.26. The second-order valence-electron chi connectivity index (χ2n) is 5.90. The van der Waals surface area contributed by atoms with Crippen molar-refractivity contribution >= 4 is 21.6 Å². The van der Waals surface area contributed by atoms with Gasteiger partial charge in [0.1, 0.15) is 10.6 Å². The molecule has 0 radical (unpaired) electrons. The number of benzene rings is 3. The molecule has 0 aliphatic rings. The Kier molecular flexibility index (Phi) is 6.16. The molecule has 0 aromatic heterocycles. The van der Waals surface area contributed by atoms with Crippen LogP contribution in [0.4, 0.5) is 0 Å². The van der Waals surface area contributed by atoms with E-state index >= 15 is 0 Å². The molecule has 0 heterocycles. The Labute approximate surface area is 164 Å². The molecule has 0 saturated carbocycles. The van der Waals surface area contributed by atoms with Crippen LogP contribution in [0.5, 0.6) is 5.75 Å². The Morgan fingerprint density at radius 3 is 2.00 bits per heavy atom. The zero-order chi connectivity index (χ0) is 19.3. The molecule has 4 nitrogen and oxygen atoms in total. The number of halogens is 1. The molecule has 3 aromatic carbocycles. The summed E-state index contributed by atoms with van der Waals surface area (Å²) in [5.41, 5.74) is 1.68. The van der Waals surface area contributed by atoms with E-state index in [0.717, 1.165) is 11.1 Å². The minimum Gasteiger partial charge on any atom is -0.492 e. The van der Waals surface area contributed by atoms with E-state index in [2.05, 4.69) is 4.72 Å². The second-order valence-corrected chi connectivity index (χ2v) is 8.02. The van der Waals surface area contributed by atoms with Gasteiger partial charge in [0.05, 0.1) is 12.6 Å². The molecule has 0 spiro atoms. The molecule has 0 saturated heterocycles. The molecule has 0 atom stereocenters. The summed E-state index contributed by atoms with van der Waals surface area (Å²) in [4.78, 5) is 0.0220. The first-order valence-corrected chi connectivity index (χ1v) is 10.4.